The number of carbonyl (C=O) groups excluding carboxylic acids is 3. The fourth-order valence-corrected chi connectivity index (χ4v) is 4.19. The smallest absolute Gasteiger partial charge is 0.434 e. The number of esters is 1. The van der Waals surface area contributed by atoms with Crippen LogP contribution in [-0.4, -0.2) is 67.3 Å². The molecule has 0 atom stereocenters. The molecule has 0 saturated carbocycles. The van der Waals surface area contributed by atoms with Crippen molar-refractivity contribution in [1.82, 2.24) is 4.90 Å². The van der Waals surface area contributed by atoms with Crippen LogP contribution in [0.3, 0.4) is 0 Å². The Labute approximate surface area is 236 Å². The van der Waals surface area contributed by atoms with E-state index < -0.39 is 17.7 Å². The Balaban J connectivity index is 1.53. The largest absolute Gasteiger partial charge is 0.493 e. The summed E-state index contributed by atoms with van der Waals surface area (Å²) in [6.07, 6.45) is 0.727. The van der Waals surface area contributed by atoms with Crippen molar-refractivity contribution in [1.29, 1.82) is 0 Å². The summed E-state index contributed by atoms with van der Waals surface area (Å²) in [6, 6.07) is 15.6. The molecule has 2 aromatic carbocycles. The van der Waals surface area contributed by atoms with E-state index in [1.807, 2.05) is 62.4 Å². The van der Waals surface area contributed by atoms with Gasteiger partial charge in [-0.25, -0.2) is 14.4 Å². The molecule has 0 N–H and O–H groups in total. The maximum Gasteiger partial charge on any atom is 0.434 e. The molecule has 0 spiro atoms. The van der Waals surface area contributed by atoms with Gasteiger partial charge in [0.1, 0.15) is 17.1 Å². The van der Waals surface area contributed by atoms with E-state index in [0.717, 1.165) is 35.3 Å². The average molecular weight is 553 g/mol. The number of hydrogen-bond donors (Lipinski definition) is 0. The minimum atomic E-state index is -0.830. The van der Waals surface area contributed by atoms with E-state index in [-0.39, 0.29) is 24.3 Å². The normalized spacial score (nSPS) is 14.6. The van der Waals surface area contributed by atoms with Gasteiger partial charge in [0, 0.05) is 19.5 Å². The van der Waals surface area contributed by atoms with Crippen LogP contribution < -0.4 is 4.74 Å². The summed E-state index contributed by atoms with van der Waals surface area (Å²) in [5.41, 5.74) is 2.09. The Morgan fingerprint density at radius 3 is 2.05 bits per heavy atom. The van der Waals surface area contributed by atoms with Gasteiger partial charge in [0.25, 0.3) is 0 Å². The summed E-state index contributed by atoms with van der Waals surface area (Å²) in [6.45, 7) is 10.9. The molecule has 0 unspecified atom stereocenters. The highest BCUT2D eigenvalue weighted by molar-refractivity contribution is 6.38. The van der Waals surface area contributed by atoms with Gasteiger partial charge < -0.3 is 23.8 Å². The molecule has 1 heterocycles. The van der Waals surface area contributed by atoms with E-state index in [1.165, 1.54) is 7.11 Å². The molecule has 2 amide bonds. The molecule has 2 aromatic rings. The van der Waals surface area contributed by atoms with Crippen LogP contribution in [0.2, 0.25) is 0 Å². The zero-order valence-corrected chi connectivity index (χ0v) is 24.3. The SMILES string of the molecule is COC(=O)C(Cc1ccc(-c2ccc(OCC3CCN(C(=O)OC(C)C)CC3)cc2)cc1)=NC(=O)OC(C)(C)C. The van der Waals surface area contributed by atoms with Gasteiger partial charge in [-0.2, -0.15) is 4.99 Å². The Morgan fingerprint density at radius 2 is 1.52 bits per heavy atom. The minimum Gasteiger partial charge on any atom is -0.493 e. The summed E-state index contributed by atoms with van der Waals surface area (Å²) in [5.74, 6) is 0.511. The van der Waals surface area contributed by atoms with Crippen molar-refractivity contribution in [2.45, 2.75) is 65.6 Å². The maximum atomic E-state index is 12.2. The Hall–Kier alpha value is -3.88. The number of benzene rings is 2. The molecule has 0 aromatic heterocycles. The Morgan fingerprint density at radius 1 is 0.950 bits per heavy atom. The fourth-order valence-electron chi connectivity index (χ4n) is 4.19. The summed E-state index contributed by atoms with van der Waals surface area (Å²) in [7, 11) is 1.25. The predicted octanol–water partition coefficient (Wildman–Crippen LogP) is 6.08. The highest BCUT2D eigenvalue weighted by Crippen LogP contribution is 2.25. The van der Waals surface area contributed by atoms with Crippen LogP contribution in [0.4, 0.5) is 9.59 Å². The Kier molecular flexibility index (Phi) is 10.7. The first-order chi connectivity index (χ1) is 18.9. The van der Waals surface area contributed by atoms with Crippen LogP contribution in [0.15, 0.2) is 53.5 Å². The third kappa shape index (κ3) is 9.70. The van der Waals surface area contributed by atoms with Crippen LogP contribution in [0.25, 0.3) is 11.1 Å². The van der Waals surface area contributed by atoms with E-state index in [9.17, 15) is 14.4 Å². The summed E-state index contributed by atoms with van der Waals surface area (Å²) in [5, 5.41) is 0. The van der Waals surface area contributed by atoms with Gasteiger partial charge in [0.2, 0.25) is 0 Å². The standard InChI is InChI=1S/C31H40N2O7/c1-21(2)39-30(36)33-17-15-23(16-18-33)20-38-26-13-11-25(12-14-26)24-9-7-22(8-10-24)19-27(28(34)37-6)32-29(35)40-31(3,4)5/h7-14,21,23H,15-20H2,1-6H3. The van der Waals surface area contributed by atoms with Crippen molar-refractivity contribution in [2.24, 2.45) is 10.9 Å². The first-order valence-electron chi connectivity index (χ1n) is 13.6. The maximum absolute atomic E-state index is 12.2. The van der Waals surface area contributed by atoms with Crippen LogP contribution in [-0.2, 0) is 25.4 Å². The van der Waals surface area contributed by atoms with Gasteiger partial charge >= 0.3 is 18.2 Å². The van der Waals surface area contributed by atoms with Crippen molar-refractivity contribution < 1.29 is 33.3 Å². The fraction of sp³-hybridized carbons (Fsp3) is 0.484. The predicted molar refractivity (Wildman–Crippen MR) is 153 cm³/mol. The number of piperidine rings is 1. The van der Waals surface area contributed by atoms with Crippen LogP contribution >= 0.6 is 0 Å². The summed E-state index contributed by atoms with van der Waals surface area (Å²) >= 11 is 0. The second-order valence-corrected chi connectivity index (χ2v) is 11.1. The van der Waals surface area contributed by atoms with Crippen molar-refractivity contribution >= 4 is 23.9 Å². The number of likely N-dealkylation sites (tertiary alicyclic amines) is 1. The number of ether oxygens (including phenoxy) is 4. The lowest BCUT2D eigenvalue weighted by atomic mass is 9.98. The van der Waals surface area contributed by atoms with E-state index >= 15 is 0 Å². The minimum absolute atomic E-state index is 0.0211. The lowest BCUT2D eigenvalue weighted by Gasteiger charge is -2.31. The first-order valence-corrected chi connectivity index (χ1v) is 13.6. The van der Waals surface area contributed by atoms with E-state index in [1.54, 1.807) is 25.7 Å². The topological polar surface area (TPSA) is 104 Å². The van der Waals surface area contributed by atoms with Gasteiger partial charge in [0.15, 0.2) is 0 Å². The third-order valence-corrected chi connectivity index (χ3v) is 6.25. The van der Waals surface area contributed by atoms with Gasteiger partial charge in [0.05, 0.1) is 19.8 Å². The molecule has 1 aliphatic rings. The van der Waals surface area contributed by atoms with Gasteiger partial charge in [-0.15, -0.1) is 0 Å². The molecule has 1 fully saturated rings. The van der Waals surface area contributed by atoms with Crippen molar-refractivity contribution in [3.8, 4) is 16.9 Å². The number of carbonyl (C=O) groups is 3. The number of methoxy groups -OCH3 is 1. The van der Waals surface area contributed by atoms with Crippen molar-refractivity contribution in [2.75, 3.05) is 26.8 Å². The lowest BCUT2D eigenvalue weighted by molar-refractivity contribution is -0.132. The zero-order valence-electron chi connectivity index (χ0n) is 24.3. The molecular weight excluding hydrogens is 512 g/mol. The molecule has 0 radical (unpaired) electrons. The number of aliphatic imine (C=N–C) groups is 1. The number of amides is 2. The monoisotopic (exact) mass is 552 g/mol. The quantitative estimate of drug-likeness (QED) is 0.222. The summed E-state index contributed by atoms with van der Waals surface area (Å²) < 4.78 is 21.3. The molecule has 40 heavy (non-hydrogen) atoms. The molecule has 1 aliphatic heterocycles. The highest BCUT2D eigenvalue weighted by atomic mass is 16.6. The molecule has 216 valence electrons. The van der Waals surface area contributed by atoms with E-state index in [4.69, 9.17) is 18.9 Å². The van der Waals surface area contributed by atoms with E-state index in [2.05, 4.69) is 4.99 Å². The number of nitrogens with zero attached hydrogens (tertiary/aromatic N) is 2. The van der Waals surface area contributed by atoms with Crippen LogP contribution in [0.5, 0.6) is 5.75 Å². The molecule has 0 aliphatic carbocycles. The average Bonchev–Trinajstić information content (AvgIpc) is 2.90. The number of hydrogen-bond acceptors (Lipinski definition) is 7. The van der Waals surface area contributed by atoms with Crippen molar-refractivity contribution in [3.63, 3.8) is 0 Å². The number of rotatable bonds is 8. The third-order valence-electron chi connectivity index (χ3n) is 6.25. The second kappa shape index (κ2) is 14.0. The lowest BCUT2D eigenvalue weighted by Crippen LogP contribution is -2.40. The first kappa shape index (κ1) is 30.7. The second-order valence-electron chi connectivity index (χ2n) is 11.1. The van der Waals surface area contributed by atoms with Gasteiger partial charge in [-0.1, -0.05) is 36.4 Å². The van der Waals surface area contributed by atoms with Crippen molar-refractivity contribution in [3.05, 3.63) is 54.1 Å². The Bertz CT molecular complexity index is 1170. The van der Waals surface area contributed by atoms with Gasteiger partial charge in [-0.3, -0.25) is 0 Å². The van der Waals surface area contributed by atoms with E-state index in [0.29, 0.717) is 25.6 Å². The molecule has 9 nitrogen and oxygen atoms in total. The highest BCUT2D eigenvalue weighted by Gasteiger charge is 2.25. The molecule has 0 bridgehead atoms. The zero-order chi connectivity index (χ0) is 29.3. The molecule has 9 heteroatoms. The molecular formula is C31H40N2O7. The van der Waals surface area contributed by atoms with Crippen LogP contribution in [0.1, 0.15) is 53.0 Å². The van der Waals surface area contributed by atoms with Gasteiger partial charge in [-0.05, 0) is 82.2 Å². The van der Waals surface area contributed by atoms with Crippen LogP contribution in [0, 0.1) is 5.92 Å². The molecule has 3 rings (SSSR count). The molecule has 1 saturated heterocycles. The summed E-state index contributed by atoms with van der Waals surface area (Å²) in [4.78, 5) is 41.9.